The zero-order valence-electron chi connectivity index (χ0n) is 14.7. The molecule has 146 valence electrons. The largest absolute Gasteiger partial charge is 0.490 e. The summed E-state index contributed by atoms with van der Waals surface area (Å²) in [5.41, 5.74) is 1.18. The van der Waals surface area contributed by atoms with Crippen LogP contribution in [0, 0.1) is 0 Å². The molecule has 2 rings (SSSR count). The van der Waals surface area contributed by atoms with E-state index >= 15 is 0 Å². The third-order valence-corrected chi connectivity index (χ3v) is 4.28. The lowest BCUT2D eigenvalue weighted by molar-refractivity contribution is -0.301. The van der Waals surface area contributed by atoms with Crippen LogP contribution in [0.4, 0.5) is 0 Å². The first-order valence-electron chi connectivity index (χ1n) is 8.81. The van der Waals surface area contributed by atoms with E-state index in [1.54, 1.807) is 6.08 Å². The summed E-state index contributed by atoms with van der Waals surface area (Å²) in [6, 6.07) is 7.86. The molecule has 1 aromatic carbocycles. The van der Waals surface area contributed by atoms with E-state index in [-0.39, 0.29) is 0 Å². The van der Waals surface area contributed by atoms with Crippen LogP contribution in [-0.2, 0) is 15.9 Å². The Morgan fingerprint density at radius 1 is 1.04 bits per heavy atom. The van der Waals surface area contributed by atoms with Crippen molar-refractivity contribution in [3.05, 3.63) is 42.5 Å². The molecule has 7 heteroatoms. The van der Waals surface area contributed by atoms with Crippen molar-refractivity contribution in [3.63, 3.8) is 0 Å². The van der Waals surface area contributed by atoms with Gasteiger partial charge in [-0.25, -0.2) is 0 Å². The molecule has 1 unspecified atom stereocenters. The summed E-state index contributed by atoms with van der Waals surface area (Å²) in [5.74, 6) is 0.805. The van der Waals surface area contributed by atoms with Gasteiger partial charge in [0.2, 0.25) is 0 Å². The highest BCUT2D eigenvalue weighted by Crippen LogP contribution is 2.22. The minimum absolute atomic E-state index is 0.337. The van der Waals surface area contributed by atoms with Crippen LogP contribution in [0.3, 0.4) is 0 Å². The minimum Gasteiger partial charge on any atom is -0.490 e. The van der Waals surface area contributed by atoms with Gasteiger partial charge in [-0.3, -0.25) is 0 Å². The molecule has 5 atom stereocenters. The maximum absolute atomic E-state index is 9.88. The normalized spacial score (nSPS) is 28.7. The van der Waals surface area contributed by atoms with Crippen molar-refractivity contribution in [1.29, 1.82) is 0 Å². The number of rotatable bonds is 10. The fourth-order valence-electron chi connectivity index (χ4n) is 2.74. The average Bonchev–Trinajstić information content (AvgIpc) is 2.66. The Bertz CT molecular complexity index is 531. The van der Waals surface area contributed by atoms with Crippen molar-refractivity contribution in [1.82, 2.24) is 0 Å². The van der Waals surface area contributed by atoms with Crippen LogP contribution in [0.2, 0.25) is 0 Å². The summed E-state index contributed by atoms with van der Waals surface area (Å²) in [6.07, 6.45) is -1.94. The van der Waals surface area contributed by atoms with E-state index in [0.717, 1.165) is 25.0 Å². The van der Waals surface area contributed by atoms with Gasteiger partial charge in [-0.15, -0.1) is 0 Å². The quantitative estimate of drug-likeness (QED) is 0.349. The second-order valence-electron chi connectivity index (χ2n) is 6.27. The lowest BCUT2D eigenvalue weighted by Gasteiger charge is -2.39. The molecule has 4 N–H and O–H groups in total. The first kappa shape index (κ1) is 20.8. The summed E-state index contributed by atoms with van der Waals surface area (Å²) in [6.45, 7) is 3.96. The summed E-state index contributed by atoms with van der Waals surface area (Å²) in [4.78, 5) is 0. The molecular formula is C19H28O7. The van der Waals surface area contributed by atoms with E-state index in [1.807, 2.05) is 24.3 Å². The Morgan fingerprint density at radius 3 is 2.42 bits per heavy atom. The van der Waals surface area contributed by atoms with Crippen LogP contribution in [0.15, 0.2) is 36.9 Å². The average molecular weight is 368 g/mol. The van der Waals surface area contributed by atoms with Gasteiger partial charge in [0, 0.05) is 6.61 Å². The molecule has 0 radical (unpaired) electrons. The van der Waals surface area contributed by atoms with Crippen molar-refractivity contribution in [2.45, 2.75) is 50.0 Å². The van der Waals surface area contributed by atoms with E-state index in [4.69, 9.17) is 19.3 Å². The summed E-state index contributed by atoms with van der Waals surface area (Å²) in [5, 5.41) is 38.4. The molecule has 1 saturated heterocycles. The molecule has 1 aliphatic rings. The van der Waals surface area contributed by atoms with Crippen LogP contribution in [0.5, 0.6) is 5.75 Å². The van der Waals surface area contributed by atoms with Crippen molar-refractivity contribution >= 4 is 0 Å². The van der Waals surface area contributed by atoms with Crippen LogP contribution in [-0.4, -0.2) is 71.0 Å². The molecule has 7 nitrogen and oxygen atoms in total. The molecule has 0 aliphatic carbocycles. The maximum Gasteiger partial charge on any atom is 0.186 e. The van der Waals surface area contributed by atoms with Gasteiger partial charge in [-0.1, -0.05) is 24.8 Å². The molecule has 0 spiro atoms. The van der Waals surface area contributed by atoms with Gasteiger partial charge in [-0.2, -0.15) is 0 Å². The van der Waals surface area contributed by atoms with Crippen LogP contribution < -0.4 is 4.74 Å². The maximum atomic E-state index is 9.88. The summed E-state index contributed by atoms with van der Waals surface area (Å²) in [7, 11) is 0. The number of ether oxygens (including phenoxy) is 3. The van der Waals surface area contributed by atoms with Crippen LogP contribution in [0.1, 0.15) is 18.4 Å². The zero-order chi connectivity index (χ0) is 18.9. The lowest BCUT2D eigenvalue weighted by Crippen LogP contribution is -2.59. The van der Waals surface area contributed by atoms with Gasteiger partial charge in [0.05, 0.1) is 6.61 Å². The Balaban J connectivity index is 1.67. The van der Waals surface area contributed by atoms with E-state index in [2.05, 4.69) is 6.58 Å². The van der Waals surface area contributed by atoms with Gasteiger partial charge < -0.3 is 34.6 Å². The lowest BCUT2D eigenvalue weighted by atomic mass is 9.99. The smallest absolute Gasteiger partial charge is 0.186 e. The molecule has 0 amide bonds. The van der Waals surface area contributed by atoms with Crippen molar-refractivity contribution < 1.29 is 34.6 Å². The molecule has 1 fully saturated rings. The zero-order valence-corrected chi connectivity index (χ0v) is 14.7. The van der Waals surface area contributed by atoms with E-state index in [9.17, 15) is 15.3 Å². The molecule has 1 aromatic rings. The molecule has 1 heterocycles. The van der Waals surface area contributed by atoms with Crippen molar-refractivity contribution in [2.24, 2.45) is 0 Å². The Hall–Kier alpha value is -1.48. The predicted molar refractivity (Wildman–Crippen MR) is 94.8 cm³/mol. The van der Waals surface area contributed by atoms with E-state index < -0.39 is 37.3 Å². The molecule has 0 saturated carbocycles. The SMILES string of the molecule is C=CCOc1ccc(CCCCO[C@@H]2OC(CO)[C@@H](O)[C@H](O)[C@H]2O)cc1. The van der Waals surface area contributed by atoms with Crippen molar-refractivity contribution in [2.75, 3.05) is 19.8 Å². The fraction of sp³-hybridized carbons (Fsp3) is 0.579. The number of hydrogen-bond donors (Lipinski definition) is 4. The van der Waals surface area contributed by atoms with Gasteiger partial charge in [0.15, 0.2) is 6.29 Å². The number of benzene rings is 1. The summed E-state index contributed by atoms with van der Waals surface area (Å²) >= 11 is 0. The number of aryl methyl sites for hydroxylation is 1. The van der Waals surface area contributed by atoms with Gasteiger partial charge >= 0.3 is 0 Å². The molecular weight excluding hydrogens is 340 g/mol. The monoisotopic (exact) mass is 368 g/mol. The highest BCUT2D eigenvalue weighted by atomic mass is 16.7. The topological polar surface area (TPSA) is 109 Å². The number of aliphatic hydroxyl groups is 4. The Labute approximate surface area is 153 Å². The number of unbranched alkanes of at least 4 members (excludes halogenated alkanes) is 1. The molecule has 1 aliphatic heterocycles. The second kappa shape index (κ2) is 10.6. The Morgan fingerprint density at radius 2 is 1.77 bits per heavy atom. The fourth-order valence-corrected chi connectivity index (χ4v) is 2.74. The molecule has 26 heavy (non-hydrogen) atoms. The van der Waals surface area contributed by atoms with Crippen LogP contribution in [0.25, 0.3) is 0 Å². The first-order valence-corrected chi connectivity index (χ1v) is 8.81. The number of hydrogen-bond acceptors (Lipinski definition) is 7. The van der Waals surface area contributed by atoms with Gasteiger partial charge in [0.25, 0.3) is 0 Å². The van der Waals surface area contributed by atoms with Gasteiger partial charge in [0.1, 0.15) is 36.8 Å². The highest BCUT2D eigenvalue weighted by Gasteiger charge is 2.43. The highest BCUT2D eigenvalue weighted by molar-refractivity contribution is 5.27. The third kappa shape index (κ3) is 5.77. The van der Waals surface area contributed by atoms with Gasteiger partial charge in [-0.05, 0) is 37.0 Å². The molecule has 0 bridgehead atoms. The second-order valence-corrected chi connectivity index (χ2v) is 6.27. The standard InChI is InChI=1S/C19H28O7/c1-2-10-24-14-8-6-13(7-9-14)5-3-4-11-25-19-18(23)17(22)16(21)15(12-20)26-19/h2,6-9,15-23H,1,3-5,10-12H2/t15?,16-,17+,18-,19-/m1/s1. The predicted octanol–water partition coefficient (Wildman–Crippen LogP) is 0.391. The number of aliphatic hydroxyl groups excluding tert-OH is 4. The van der Waals surface area contributed by atoms with E-state index in [0.29, 0.717) is 13.2 Å². The first-order chi connectivity index (χ1) is 12.6. The minimum atomic E-state index is -1.41. The van der Waals surface area contributed by atoms with Crippen molar-refractivity contribution in [3.8, 4) is 5.75 Å². The third-order valence-electron chi connectivity index (χ3n) is 4.28. The van der Waals surface area contributed by atoms with E-state index in [1.165, 1.54) is 5.56 Å². The summed E-state index contributed by atoms with van der Waals surface area (Å²) < 4.78 is 16.2. The molecule has 0 aromatic heterocycles. The Kier molecular flexibility index (Phi) is 8.50. The van der Waals surface area contributed by atoms with Crippen LogP contribution >= 0.6 is 0 Å².